The van der Waals surface area contributed by atoms with Crippen molar-refractivity contribution >= 4 is 5.96 Å². The fourth-order valence-electron chi connectivity index (χ4n) is 2.55. The number of para-hydroxylation sites is 1. The minimum Gasteiger partial charge on any atom is -0.504 e. The van der Waals surface area contributed by atoms with E-state index in [1.54, 1.807) is 30.3 Å². The molecule has 0 aliphatic carbocycles. The Morgan fingerprint density at radius 2 is 1.93 bits per heavy atom. The lowest BCUT2D eigenvalue weighted by Gasteiger charge is -2.13. The van der Waals surface area contributed by atoms with Gasteiger partial charge in [0.1, 0.15) is 5.75 Å². The predicted molar refractivity (Wildman–Crippen MR) is 104 cm³/mol. The summed E-state index contributed by atoms with van der Waals surface area (Å²) in [7, 11) is 1.50. The molecule has 0 spiro atoms. The van der Waals surface area contributed by atoms with Gasteiger partial charge in [-0.2, -0.15) is 8.78 Å². The Morgan fingerprint density at radius 3 is 2.64 bits per heavy atom. The molecule has 2 aromatic carbocycles. The first-order valence-electron chi connectivity index (χ1n) is 8.94. The number of benzene rings is 2. The summed E-state index contributed by atoms with van der Waals surface area (Å²) in [5.74, 6) is 1.21. The molecule has 0 bridgehead atoms. The van der Waals surface area contributed by atoms with Crippen molar-refractivity contribution in [1.29, 1.82) is 0 Å². The molecule has 152 valence electrons. The van der Waals surface area contributed by atoms with Gasteiger partial charge in [0.05, 0.1) is 13.7 Å². The molecule has 8 heteroatoms. The standard InChI is InChI=1S/C20H25F2N3O3/c1-3-23-20(24-11-10-14-8-9-16(26)18(12-14)27-2)25-13-15-6-4-5-7-17(15)28-19(21)22/h4-9,12,19,26H,3,10-11,13H2,1-2H3,(H2,23,24,25). The molecule has 6 nitrogen and oxygen atoms in total. The molecule has 0 aromatic heterocycles. The summed E-state index contributed by atoms with van der Waals surface area (Å²) in [5, 5.41) is 16.0. The Balaban J connectivity index is 1.97. The number of aromatic hydroxyl groups is 1. The van der Waals surface area contributed by atoms with Gasteiger partial charge in [-0.25, -0.2) is 4.99 Å². The van der Waals surface area contributed by atoms with Gasteiger partial charge in [0.2, 0.25) is 0 Å². The summed E-state index contributed by atoms with van der Waals surface area (Å²) in [4.78, 5) is 4.44. The number of aliphatic imine (C=N–C) groups is 1. The van der Waals surface area contributed by atoms with Gasteiger partial charge < -0.3 is 25.2 Å². The molecule has 2 rings (SSSR count). The summed E-state index contributed by atoms with van der Waals surface area (Å²) >= 11 is 0. The van der Waals surface area contributed by atoms with E-state index < -0.39 is 6.61 Å². The largest absolute Gasteiger partial charge is 0.504 e. The Bertz CT molecular complexity index is 785. The van der Waals surface area contributed by atoms with Crippen LogP contribution in [0.15, 0.2) is 47.5 Å². The molecule has 0 amide bonds. The van der Waals surface area contributed by atoms with Crippen molar-refractivity contribution in [1.82, 2.24) is 10.6 Å². The van der Waals surface area contributed by atoms with E-state index in [1.807, 2.05) is 13.0 Å². The van der Waals surface area contributed by atoms with Crippen molar-refractivity contribution in [3.05, 3.63) is 53.6 Å². The first-order chi connectivity index (χ1) is 13.5. The molecular formula is C20H25F2N3O3. The first-order valence-corrected chi connectivity index (χ1v) is 8.94. The summed E-state index contributed by atoms with van der Waals surface area (Å²) in [5.41, 5.74) is 1.57. The van der Waals surface area contributed by atoms with E-state index in [0.717, 1.165) is 5.56 Å². The van der Waals surface area contributed by atoms with E-state index in [0.29, 0.717) is 36.8 Å². The second kappa shape index (κ2) is 11.0. The van der Waals surface area contributed by atoms with Crippen molar-refractivity contribution < 1.29 is 23.4 Å². The number of alkyl halides is 2. The Labute approximate surface area is 163 Å². The number of halogens is 2. The van der Waals surface area contributed by atoms with E-state index in [1.165, 1.54) is 13.2 Å². The number of methoxy groups -OCH3 is 1. The van der Waals surface area contributed by atoms with Gasteiger partial charge in [0.25, 0.3) is 0 Å². The zero-order chi connectivity index (χ0) is 20.4. The Hall–Kier alpha value is -3.03. The normalized spacial score (nSPS) is 11.4. The summed E-state index contributed by atoms with van der Waals surface area (Å²) in [6.45, 7) is 0.517. The molecular weight excluding hydrogens is 368 g/mol. The van der Waals surface area contributed by atoms with Gasteiger partial charge in [-0.3, -0.25) is 0 Å². The average Bonchev–Trinajstić information content (AvgIpc) is 2.68. The number of phenolic OH excluding ortho intramolecular Hbond substituents is 1. The first kappa shape index (κ1) is 21.3. The van der Waals surface area contributed by atoms with Gasteiger partial charge >= 0.3 is 6.61 Å². The van der Waals surface area contributed by atoms with E-state index in [4.69, 9.17) is 4.74 Å². The van der Waals surface area contributed by atoms with Crippen molar-refractivity contribution in [2.24, 2.45) is 4.99 Å². The predicted octanol–water partition coefficient (Wildman–Crippen LogP) is 3.30. The van der Waals surface area contributed by atoms with Crippen molar-refractivity contribution in [2.75, 3.05) is 20.2 Å². The fourth-order valence-corrected chi connectivity index (χ4v) is 2.55. The van der Waals surface area contributed by atoms with Crippen LogP contribution >= 0.6 is 0 Å². The van der Waals surface area contributed by atoms with Gasteiger partial charge in [0, 0.05) is 18.7 Å². The summed E-state index contributed by atoms with van der Waals surface area (Å²) in [6, 6.07) is 11.8. The number of ether oxygens (including phenoxy) is 2. The smallest absolute Gasteiger partial charge is 0.387 e. The lowest BCUT2D eigenvalue weighted by molar-refractivity contribution is -0.0504. The maximum absolute atomic E-state index is 12.5. The molecule has 0 atom stereocenters. The van der Waals surface area contributed by atoms with Crippen molar-refractivity contribution in [2.45, 2.75) is 26.5 Å². The number of guanidine groups is 1. The van der Waals surface area contributed by atoms with Crippen LogP contribution in [0.2, 0.25) is 0 Å². The van der Waals surface area contributed by atoms with Gasteiger partial charge in [0.15, 0.2) is 17.5 Å². The van der Waals surface area contributed by atoms with E-state index >= 15 is 0 Å². The van der Waals surface area contributed by atoms with Crippen LogP contribution in [0.5, 0.6) is 17.2 Å². The lowest BCUT2D eigenvalue weighted by atomic mass is 10.1. The van der Waals surface area contributed by atoms with Crippen LogP contribution in [0.1, 0.15) is 18.1 Å². The van der Waals surface area contributed by atoms with Crippen LogP contribution < -0.4 is 20.1 Å². The third-order valence-electron chi connectivity index (χ3n) is 3.89. The second-order valence-electron chi connectivity index (χ2n) is 5.86. The molecule has 0 aliphatic rings. The topological polar surface area (TPSA) is 75.1 Å². The minimum absolute atomic E-state index is 0.0961. The van der Waals surface area contributed by atoms with Crippen molar-refractivity contribution in [3.8, 4) is 17.2 Å². The van der Waals surface area contributed by atoms with Gasteiger partial charge in [-0.05, 0) is 37.1 Å². The molecule has 0 unspecified atom stereocenters. The highest BCUT2D eigenvalue weighted by Gasteiger charge is 2.09. The van der Waals surface area contributed by atoms with Crippen LogP contribution in [0.3, 0.4) is 0 Å². The molecule has 2 aromatic rings. The molecule has 0 saturated carbocycles. The second-order valence-corrected chi connectivity index (χ2v) is 5.86. The highest BCUT2D eigenvalue weighted by molar-refractivity contribution is 5.79. The number of hydrogen-bond acceptors (Lipinski definition) is 4. The molecule has 0 heterocycles. The molecule has 0 radical (unpaired) electrons. The van der Waals surface area contributed by atoms with Crippen LogP contribution in [0.25, 0.3) is 0 Å². The van der Waals surface area contributed by atoms with Crippen molar-refractivity contribution in [3.63, 3.8) is 0 Å². The quantitative estimate of drug-likeness (QED) is 0.450. The Kier molecular flexibility index (Phi) is 8.33. The van der Waals surface area contributed by atoms with E-state index in [2.05, 4.69) is 20.4 Å². The zero-order valence-corrected chi connectivity index (χ0v) is 15.9. The molecule has 0 aliphatic heterocycles. The molecule has 3 N–H and O–H groups in total. The number of phenols is 1. The van der Waals surface area contributed by atoms with Gasteiger partial charge in [-0.15, -0.1) is 0 Å². The number of nitrogens with one attached hydrogen (secondary N) is 2. The van der Waals surface area contributed by atoms with E-state index in [-0.39, 0.29) is 18.0 Å². The number of rotatable bonds is 9. The maximum Gasteiger partial charge on any atom is 0.387 e. The monoisotopic (exact) mass is 393 g/mol. The van der Waals surface area contributed by atoms with E-state index in [9.17, 15) is 13.9 Å². The third kappa shape index (κ3) is 6.61. The van der Waals surface area contributed by atoms with Crippen LogP contribution in [0.4, 0.5) is 8.78 Å². The summed E-state index contributed by atoms with van der Waals surface area (Å²) < 4.78 is 34.7. The number of hydrogen-bond donors (Lipinski definition) is 3. The average molecular weight is 393 g/mol. The maximum atomic E-state index is 12.5. The molecule has 0 fully saturated rings. The SMILES string of the molecule is CCNC(=NCc1ccccc1OC(F)F)NCCc1ccc(O)c(OC)c1. The number of nitrogens with zero attached hydrogens (tertiary/aromatic N) is 1. The third-order valence-corrected chi connectivity index (χ3v) is 3.89. The van der Waals surface area contributed by atoms with Gasteiger partial charge in [-0.1, -0.05) is 24.3 Å². The lowest BCUT2D eigenvalue weighted by Crippen LogP contribution is -2.38. The highest BCUT2D eigenvalue weighted by atomic mass is 19.3. The van der Waals surface area contributed by atoms with Crippen LogP contribution in [-0.2, 0) is 13.0 Å². The van der Waals surface area contributed by atoms with Crippen LogP contribution in [0, 0.1) is 0 Å². The zero-order valence-electron chi connectivity index (χ0n) is 15.9. The molecule has 28 heavy (non-hydrogen) atoms. The summed E-state index contributed by atoms with van der Waals surface area (Å²) in [6.07, 6.45) is 0.687. The fraction of sp³-hybridized carbons (Fsp3) is 0.350. The molecule has 0 saturated heterocycles. The Morgan fingerprint density at radius 1 is 1.14 bits per heavy atom. The van der Waals surface area contributed by atoms with Crippen LogP contribution in [-0.4, -0.2) is 37.9 Å². The minimum atomic E-state index is -2.88. The highest BCUT2D eigenvalue weighted by Crippen LogP contribution is 2.26.